The summed E-state index contributed by atoms with van der Waals surface area (Å²) in [5.74, 6) is 1.09. The van der Waals surface area contributed by atoms with Crippen molar-refractivity contribution in [3.63, 3.8) is 0 Å². The van der Waals surface area contributed by atoms with Gasteiger partial charge in [0.15, 0.2) is 0 Å². The third-order valence-electron chi connectivity index (χ3n) is 4.09. The second kappa shape index (κ2) is 7.62. The maximum Gasteiger partial charge on any atom is 0.243 e. The zero-order chi connectivity index (χ0) is 19.7. The molecule has 4 rings (SSSR count). The summed E-state index contributed by atoms with van der Waals surface area (Å²) in [6.45, 7) is 3.82. The fourth-order valence-electron chi connectivity index (χ4n) is 2.88. The highest BCUT2D eigenvalue weighted by atomic mass is 35.5. The van der Waals surface area contributed by atoms with Gasteiger partial charge in [-0.25, -0.2) is 15.4 Å². The van der Waals surface area contributed by atoms with Gasteiger partial charge in [0.05, 0.1) is 5.36 Å². The van der Waals surface area contributed by atoms with Gasteiger partial charge in [0.2, 0.25) is 5.95 Å². The number of benzene rings is 2. The molecule has 0 saturated heterocycles. The van der Waals surface area contributed by atoms with Crippen LogP contribution in [0.1, 0.15) is 11.4 Å². The highest BCUT2D eigenvalue weighted by Crippen LogP contribution is 2.25. The minimum atomic E-state index is 0.432. The lowest BCUT2D eigenvalue weighted by Crippen LogP contribution is -2.09. The molecule has 0 amide bonds. The monoisotopic (exact) mass is 410 g/mol. The Morgan fingerprint density at radius 1 is 0.857 bits per heavy atom. The van der Waals surface area contributed by atoms with E-state index in [-0.39, 0.29) is 0 Å². The van der Waals surface area contributed by atoms with Crippen LogP contribution in [0.5, 0.6) is 0 Å². The van der Waals surface area contributed by atoms with Crippen molar-refractivity contribution in [1.82, 2.24) is 9.97 Å². The van der Waals surface area contributed by atoms with Crippen molar-refractivity contribution in [2.45, 2.75) is 13.8 Å². The first kappa shape index (κ1) is 18.5. The van der Waals surface area contributed by atoms with Crippen LogP contribution in [0.2, 0.25) is 10.0 Å². The van der Waals surface area contributed by atoms with Crippen LogP contribution in [0.15, 0.2) is 64.1 Å². The number of halogens is 2. The summed E-state index contributed by atoms with van der Waals surface area (Å²) >= 11 is 12.2. The van der Waals surface area contributed by atoms with Gasteiger partial charge in [0, 0.05) is 38.4 Å². The number of nitrogens with one attached hydrogen (secondary N) is 1. The van der Waals surface area contributed by atoms with Gasteiger partial charge in [-0.15, -0.1) is 0 Å². The molecule has 2 heterocycles. The van der Waals surface area contributed by atoms with Crippen LogP contribution in [-0.2, 0) is 0 Å². The van der Waals surface area contributed by atoms with Crippen LogP contribution in [-0.4, -0.2) is 9.97 Å². The molecule has 0 unspecified atom stereocenters. The first-order valence-corrected chi connectivity index (χ1v) is 9.35. The van der Waals surface area contributed by atoms with E-state index in [0.29, 0.717) is 32.7 Å². The summed E-state index contributed by atoms with van der Waals surface area (Å²) in [6, 6.07) is 16.6. The number of rotatable bonds is 3. The molecule has 0 aliphatic carbocycles. The Morgan fingerprint density at radius 3 is 2.25 bits per heavy atom. The molecular weight excluding hydrogens is 395 g/mol. The van der Waals surface area contributed by atoms with E-state index in [1.165, 1.54) is 0 Å². The molecule has 0 radical (unpaired) electrons. The topological polar surface area (TPSA) is 63.3 Å². The lowest BCUT2D eigenvalue weighted by Gasteiger charge is -2.06. The minimum absolute atomic E-state index is 0.432. The molecule has 7 heteroatoms. The van der Waals surface area contributed by atoms with Crippen LogP contribution in [0, 0.1) is 13.8 Å². The molecule has 0 bridgehead atoms. The average Bonchev–Trinajstić information content (AvgIpc) is 2.66. The number of anilines is 1. The molecule has 4 aromatic rings. The van der Waals surface area contributed by atoms with Crippen LogP contribution >= 0.6 is 23.2 Å². The molecule has 0 aliphatic heterocycles. The van der Waals surface area contributed by atoms with Crippen molar-refractivity contribution >= 4 is 40.1 Å². The molecule has 0 aliphatic rings. The number of fused-ring (bicyclic) bond motifs is 1. The lowest BCUT2D eigenvalue weighted by atomic mass is 10.1. The maximum atomic E-state index is 6.18. The molecule has 2 aromatic heterocycles. The van der Waals surface area contributed by atoms with Crippen molar-refractivity contribution in [1.29, 1.82) is 0 Å². The number of aryl methyl sites for hydroxylation is 2. The smallest absolute Gasteiger partial charge is 0.243 e. The summed E-state index contributed by atoms with van der Waals surface area (Å²) in [5.41, 5.74) is 6.22. The second-order valence-corrected chi connectivity index (χ2v) is 7.21. The summed E-state index contributed by atoms with van der Waals surface area (Å²) in [7, 11) is 0. The summed E-state index contributed by atoms with van der Waals surface area (Å²) in [4.78, 5) is 8.71. The van der Waals surface area contributed by atoms with E-state index in [1.807, 2.05) is 62.4 Å². The van der Waals surface area contributed by atoms with E-state index >= 15 is 0 Å². The quantitative estimate of drug-likeness (QED) is 0.437. The van der Waals surface area contributed by atoms with E-state index in [2.05, 4.69) is 20.5 Å². The molecule has 5 nitrogen and oxygen atoms in total. The summed E-state index contributed by atoms with van der Waals surface area (Å²) in [5, 5.41) is 7.22. The third kappa shape index (κ3) is 4.01. The van der Waals surface area contributed by atoms with E-state index in [0.717, 1.165) is 22.3 Å². The lowest BCUT2D eigenvalue weighted by molar-refractivity contribution is 0.618. The van der Waals surface area contributed by atoms with Gasteiger partial charge in [0.25, 0.3) is 0 Å². The first-order chi connectivity index (χ1) is 13.5. The van der Waals surface area contributed by atoms with E-state index in [4.69, 9.17) is 27.6 Å². The Bertz CT molecular complexity index is 1210. The standard InChI is InChI=1S/C21H16Cl2N4O/c1-12-9-13(2)25-21(24-12)27-26-18-11-20(14-3-5-15(22)6-4-14)28-19-8-7-16(23)10-17(18)19/h3-11H,1-2H3,(H,24,25,27). The highest BCUT2D eigenvalue weighted by molar-refractivity contribution is 6.31. The largest absolute Gasteiger partial charge is 0.456 e. The number of aromatic nitrogens is 2. The van der Waals surface area contributed by atoms with Crippen molar-refractivity contribution in [2.75, 3.05) is 5.43 Å². The highest BCUT2D eigenvalue weighted by Gasteiger charge is 2.07. The second-order valence-electron chi connectivity index (χ2n) is 6.34. The van der Waals surface area contributed by atoms with Gasteiger partial charge in [-0.1, -0.05) is 23.2 Å². The van der Waals surface area contributed by atoms with Crippen LogP contribution in [0.25, 0.3) is 22.3 Å². The average molecular weight is 411 g/mol. The molecule has 0 saturated carbocycles. The van der Waals surface area contributed by atoms with Crippen molar-refractivity contribution < 1.29 is 4.42 Å². The van der Waals surface area contributed by atoms with Crippen LogP contribution < -0.4 is 10.8 Å². The fourth-order valence-corrected chi connectivity index (χ4v) is 3.17. The summed E-state index contributed by atoms with van der Waals surface area (Å²) in [6.07, 6.45) is 0. The number of hydrogen-bond donors (Lipinski definition) is 1. The van der Waals surface area contributed by atoms with Gasteiger partial charge in [-0.2, -0.15) is 5.10 Å². The molecule has 28 heavy (non-hydrogen) atoms. The molecular formula is C21H16Cl2N4O. The maximum absolute atomic E-state index is 6.18. The Hall–Kier alpha value is -2.89. The molecule has 2 aromatic carbocycles. The zero-order valence-electron chi connectivity index (χ0n) is 15.2. The van der Waals surface area contributed by atoms with Gasteiger partial charge >= 0.3 is 0 Å². The van der Waals surface area contributed by atoms with Gasteiger partial charge in [-0.3, -0.25) is 0 Å². The molecule has 0 spiro atoms. The third-order valence-corrected chi connectivity index (χ3v) is 4.58. The van der Waals surface area contributed by atoms with E-state index in [9.17, 15) is 0 Å². The normalized spacial score (nSPS) is 11.8. The van der Waals surface area contributed by atoms with Crippen LogP contribution in [0.4, 0.5) is 5.95 Å². The minimum Gasteiger partial charge on any atom is -0.456 e. The number of hydrogen-bond acceptors (Lipinski definition) is 5. The Labute approximate surface area is 171 Å². The Kier molecular flexibility index (Phi) is 5.03. The van der Waals surface area contributed by atoms with E-state index in [1.54, 1.807) is 6.07 Å². The van der Waals surface area contributed by atoms with E-state index < -0.39 is 0 Å². The molecule has 0 atom stereocenters. The molecule has 1 N–H and O–H groups in total. The van der Waals surface area contributed by atoms with Gasteiger partial charge in [-0.05, 0) is 62.4 Å². The zero-order valence-corrected chi connectivity index (χ0v) is 16.7. The van der Waals surface area contributed by atoms with Crippen molar-refractivity contribution in [3.8, 4) is 11.3 Å². The predicted octanol–water partition coefficient (Wildman–Crippen LogP) is 5.74. The number of nitrogens with zero attached hydrogens (tertiary/aromatic N) is 3. The SMILES string of the molecule is Cc1cc(C)nc(NN=c2cc(-c3ccc(Cl)cc3)oc3ccc(Cl)cc23)n1. The van der Waals surface area contributed by atoms with Gasteiger partial charge < -0.3 is 4.42 Å². The molecule has 0 fully saturated rings. The molecule has 140 valence electrons. The fraction of sp³-hybridized carbons (Fsp3) is 0.0952. The Balaban J connectivity index is 1.86. The predicted molar refractivity (Wildman–Crippen MR) is 112 cm³/mol. The van der Waals surface area contributed by atoms with Crippen molar-refractivity contribution in [3.05, 3.63) is 81.4 Å². The van der Waals surface area contributed by atoms with Gasteiger partial charge in [0.1, 0.15) is 11.3 Å². The van der Waals surface area contributed by atoms with Crippen LogP contribution in [0.3, 0.4) is 0 Å². The Morgan fingerprint density at radius 2 is 1.54 bits per heavy atom. The van der Waals surface area contributed by atoms with Crippen molar-refractivity contribution in [2.24, 2.45) is 5.10 Å². The first-order valence-electron chi connectivity index (χ1n) is 8.59. The summed E-state index contributed by atoms with van der Waals surface area (Å²) < 4.78 is 6.05.